The molecule has 0 radical (unpaired) electrons. The lowest BCUT2D eigenvalue weighted by molar-refractivity contribution is 0.0695. The Balaban J connectivity index is 2.17. The summed E-state index contributed by atoms with van der Waals surface area (Å²) < 4.78 is 0. The summed E-state index contributed by atoms with van der Waals surface area (Å²) in [7, 11) is 0. The van der Waals surface area contributed by atoms with Crippen LogP contribution in [0.2, 0.25) is 5.02 Å². The van der Waals surface area contributed by atoms with Crippen molar-refractivity contribution in [2.75, 3.05) is 0 Å². The summed E-state index contributed by atoms with van der Waals surface area (Å²) in [6.07, 6.45) is 2.04. The highest BCUT2D eigenvalue weighted by Crippen LogP contribution is 2.42. The Morgan fingerprint density at radius 3 is 2.70 bits per heavy atom. The van der Waals surface area contributed by atoms with Gasteiger partial charge in [-0.15, -0.1) is 0 Å². The van der Waals surface area contributed by atoms with Gasteiger partial charge < -0.3 is 5.11 Å². The number of hydrogen-bond acceptors (Lipinski definition) is 2. The Labute approximate surface area is 122 Å². The van der Waals surface area contributed by atoms with E-state index in [9.17, 15) is 9.90 Å². The summed E-state index contributed by atoms with van der Waals surface area (Å²) in [6, 6.07) is 9.21. The second-order valence-corrected chi connectivity index (χ2v) is 5.61. The van der Waals surface area contributed by atoms with E-state index in [1.807, 2.05) is 31.2 Å². The third-order valence-corrected chi connectivity index (χ3v) is 3.77. The molecule has 1 aromatic heterocycles. The molecule has 3 rings (SSSR count). The molecule has 20 heavy (non-hydrogen) atoms. The van der Waals surface area contributed by atoms with Crippen LogP contribution in [0.15, 0.2) is 30.3 Å². The van der Waals surface area contributed by atoms with Crippen LogP contribution in [0.25, 0.3) is 11.3 Å². The smallest absolute Gasteiger partial charge is 0.337 e. The molecule has 1 aromatic carbocycles. The van der Waals surface area contributed by atoms with E-state index in [0.29, 0.717) is 22.2 Å². The molecule has 1 saturated carbocycles. The first-order valence-electron chi connectivity index (χ1n) is 6.57. The van der Waals surface area contributed by atoms with Gasteiger partial charge in [-0.05, 0) is 43.5 Å². The molecule has 0 bridgehead atoms. The lowest BCUT2D eigenvalue weighted by atomic mass is 10.0. The highest BCUT2D eigenvalue weighted by Gasteiger charge is 2.30. The van der Waals surface area contributed by atoms with Gasteiger partial charge in [-0.25, -0.2) is 4.79 Å². The summed E-state index contributed by atoms with van der Waals surface area (Å²) in [5.74, 6) is -0.611. The summed E-state index contributed by atoms with van der Waals surface area (Å²) in [5, 5.41) is 9.96. The van der Waals surface area contributed by atoms with E-state index < -0.39 is 5.97 Å². The van der Waals surface area contributed by atoms with Gasteiger partial charge in [0.05, 0.1) is 17.0 Å². The van der Waals surface area contributed by atoms with Crippen LogP contribution in [-0.2, 0) is 0 Å². The number of halogens is 1. The molecule has 4 heteroatoms. The Kier molecular flexibility index (Phi) is 3.22. The largest absolute Gasteiger partial charge is 0.478 e. The van der Waals surface area contributed by atoms with E-state index in [2.05, 4.69) is 4.98 Å². The van der Waals surface area contributed by atoms with E-state index in [1.165, 1.54) is 0 Å². The molecule has 0 atom stereocenters. The predicted octanol–water partition coefficient (Wildman–Crippen LogP) is 4.29. The lowest BCUT2D eigenvalue weighted by Crippen LogP contribution is -2.06. The first-order chi connectivity index (χ1) is 9.56. The zero-order valence-corrected chi connectivity index (χ0v) is 11.8. The molecule has 0 unspecified atom stereocenters. The number of benzene rings is 1. The Morgan fingerprint density at radius 2 is 2.10 bits per heavy atom. The van der Waals surface area contributed by atoms with Gasteiger partial charge in [0.1, 0.15) is 0 Å². The monoisotopic (exact) mass is 287 g/mol. The van der Waals surface area contributed by atoms with Crippen LogP contribution >= 0.6 is 11.6 Å². The summed E-state index contributed by atoms with van der Waals surface area (Å²) in [5.41, 5.74) is 3.64. The van der Waals surface area contributed by atoms with Gasteiger partial charge in [-0.2, -0.15) is 0 Å². The molecule has 102 valence electrons. The molecule has 1 aliphatic rings. The van der Waals surface area contributed by atoms with Crippen molar-refractivity contribution in [3.63, 3.8) is 0 Å². The molecule has 1 aliphatic carbocycles. The van der Waals surface area contributed by atoms with Gasteiger partial charge in [0, 0.05) is 16.5 Å². The maximum absolute atomic E-state index is 11.3. The van der Waals surface area contributed by atoms with Gasteiger partial charge >= 0.3 is 5.97 Å². The quantitative estimate of drug-likeness (QED) is 0.916. The van der Waals surface area contributed by atoms with Crippen LogP contribution in [0.5, 0.6) is 0 Å². The fourth-order valence-electron chi connectivity index (χ4n) is 2.39. The maximum atomic E-state index is 11.3. The number of rotatable bonds is 3. The summed E-state index contributed by atoms with van der Waals surface area (Å²) in [4.78, 5) is 16.0. The third kappa shape index (κ3) is 2.41. The fraction of sp³-hybridized carbons (Fsp3) is 0.250. The van der Waals surface area contributed by atoms with Crippen molar-refractivity contribution in [1.29, 1.82) is 0 Å². The molecule has 1 heterocycles. The SMILES string of the molecule is Cc1cc(C(=O)O)c(C2CC2)nc1-c1cccc(Cl)c1. The minimum Gasteiger partial charge on any atom is -0.478 e. The third-order valence-electron chi connectivity index (χ3n) is 3.54. The highest BCUT2D eigenvalue weighted by molar-refractivity contribution is 6.30. The molecule has 0 spiro atoms. The number of carboxylic acid groups (broad SMARTS) is 1. The van der Waals surface area contributed by atoms with Crippen LogP contribution in [0.4, 0.5) is 0 Å². The van der Waals surface area contributed by atoms with E-state index >= 15 is 0 Å². The van der Waals surface area contributed by atoms with Crippen molar-refractivity contribution in [3.05, 3.63) is 52.2 Å². The zero-order valence-electron chi connectivity index (χ0n) is 11.1. The average Bonchev–Trinajstić information content (AvgIpc) is 3.22. The van der Waals surface area contributed by atoms with Gasteiger partial charge in [-0.3, -0.25) is 4.98 Å². The van der Waals surface area contributed by atoms with Crippen LogP contribution in [0.1, 0.15) is 40.4 Å². The number of pyridine rings is 1. The van der Waals surface area contributed by atoms with Crippen molar-refractivity contribution in [3.8, 4) is 11.3 Å². The molecule has 1 fully saturated rings. The maximum Gasteiger partial charge on any atom is 0.337 e. The van der Waals surface area contributed by atoms with Crippen molar-refractivity contribution in [2.45, 2.75) is 25.7 Å². The minimum absolute atomic E-state index is 0.291. The van der Waals surface area contributed by atoms with Crippen molar-refractivity contribution < 1.29 is 9.90 Å². The number of nitrogens with zero attached hydrogens (tertiary/aromatic N) is 1. The minimum atomic E-state index is -0.903. The van der Waals surface area contributed by atoms with Gasteiger partial charge in [0.25, 0.3) is 0 Å². The summed E-state index contributed by atoms with van der Waals surface area (Å²) >= 11 is 6.02. The van der Waals surface area contributed by atoms with E-state index in [-0.39, 0.29) is 0 Å². The number of aromatic carboxylic acids is 1. The number of aryl methyl sites for hydroxylation is 1. The van der Waals surface area contributed by atoms with Crippen LogP contribution in [0, 0.1) is 6.92 Å². The first-order valence-corrected chi connectivity index (χ1v) is 6.95. The molecule has 0 saturated heterocycles. The second kappa shape index (κ2) is 4.91. The normalized spacial score (nSPS) is 14.3. The van der Waals surface area contributed by atoms with E-state index in [1.54, 1.807) is 6.07 Å². The second-order valence-electron chi connectivity index (χ2n) is 5.18. The average molecular weight is 288 g/mol. The van der Waals surface area contributed by atoms with Crippen molar-refractivity contribution in [2.24, 2.45) is 0 Å². The first kappa shape index (κ1) is 13.1. The van der Waals surface area contributed by atoms with Gasteiger partial charge in [-0.1, -0.05) is 23.7 Å². The van der Waals surface area contributed by atoms with Crippen LogP contribution < -0.4 is 0 Å². The van der Waals surface area contributed by atoms with Crippen LogP contribution in [-0.4, -0.2) is 16.1 Å². The fourth-order valence-corrected chi connectivity index (χ4v) is 2.59. The Bertz CT molecular complexity index is 693. The Morgan fingerprint density at radius 1 is 1.35 bits per heavy atom. The van der Waals surface area contributed by atoms with Gasteiger partial charge in [0.2, 0.25) is 0 Å². The highest BCUT2D eigenvalue weighted by atomic mass is 35.5. The van der Waals surface area contributed by atoms with E-state index in [4.69, 9.17) is 11.6 Å². The number of hydrogen-bond donors (Lipinski definition) is 1. The Hall–Kier alpha value is -1.87. The molecule has 2 aromatic rings. The van der Waals surface area contributed by atoms with Gasteiger partial charge in [0.15, 0.2) is 0 Å². The number of aromatic nitrogens is 1. The molecular formula is C16H14ClNO2. The molecule has 3 nitrogen and oxygen atoms in total. The van der Waals surface area contributed by atoms with Crippen molar-refractivity contribution >= 4 is 17.6 Å². The molecule has 0 aliphatic heterocycles. The zero-order chi connectivity index (χ0) is 14.3. The molecule has 0 amide bonds. The number of carbonyl (C=O) groups is 1. The summed E-state index contributed by atoms with van der Waals surface area (Å²) in [6.45, 7) is 1.88. The molecular weight excluding hydrogens is 274 g/mol. The predicted molar refractivity (Wildman–Crippen MR) is 78.4 cm³/mol. The molecule has 1 N–H and O–H groups in total. The van der Waals surface area contributed by atoms with E-state index in [0.717, 1.165) is 29.7 Å². The topological polar surface area (TPSA) is 50.2 Å². The number of carboxylic acids is 1. The standard InChI is InChI=1S/C16H14ClNO2/c1-9-7-13(16(19)20)15(10-5-6-10)18-14(9)11-3-2-4-12(17)8-11/h2-4,7-8,10H,5-6H2,1H3,(H,19,20). The van der Waals surface area contributed by atoms with Crippen LogP contribution in [0.3, 0.4) is 0 Å². The lowest BCUT2D eigenvalue weighted by Gasteiger charge is -2.11. The van der Waals surface area contributed by atoms with Crippen molar-refractivity contribution in [1.82, 2.24) is 4.98 Å².